The normalized spacial score (nSPS) is 15.8. The van der Waals surface area contributed by atoms with Gasteiger partial charge in [0.05, 0.1) is 11.2 Å². The lowest BCUT2D eigenvalue weighted by atomic mass is 9.78. The van der Waals surface area contributed by atoms with Gasteiger partial charge in [0.2, 0.25) is 13.7 Å². The summed E-state index contributed by atoms with van der Waals surface area (Å²) in [5, 5.41) is 36.3. The van der Waals surface area contributed by atoms with Crippen molar-refractivity contribution >= 4 is 20.4 Å². The Labute approximate surface area is 98.7 Å². The van der Waals surface area contributed by atoms with E-state index in [0.29, 0.717) is 5.69 Å². The predicted octanol–water partition coefficient (Wildman–Crippen LogP) is -2.82. The van der Waals surface area contributed by atoms with E-state index in [1.807, 2.05) is 0 Å². The Bertz CT molecular complexity index is 419. The molecular formula is C8H10B2N2O5. The highest BCUT2D eigenvalue weighted by Gasteiger charge is 2.35. The van der Waals surface area contributed by atoms with E-state index >= 15 is 0 Å². The number of aliphatic hydroxyl groups is 2. The molecule has 1 aliphatic rings. The molecule has 1 aromatic heterocycles. The molecule has 88 valence electrons. The van der Waals surface area contributed by atoms with Crippen molar-refractivity contribution in [3.8, 4) is 5.88 Å². The SMILES string of the molecule is [B]C(O)(O)Oc1ncnc(C2CC2)c1B(O)O. The molecule has 4 N–H and O–H groups in total. The Morgan fingerprint density at radius 1 is 1.35 bits per heavy atom. The van der Waals surface area contributed by atoms with Crippen LogP contribution in [0.25, 0.3) is 0 Å². The first-order valence-electron chi connectivity index (χ1n) is 5.02. The number of aromatic nitrogens is 2. The Kier molecular flexibility index (Phi) is 3.09. The van der Waals surface area contributed by atoms with Crippen molar-refractivity contribution in [2.75, 3.05) is 0 Å². The molecule has 1 heterocycles. The van der Waals surface area contributed by atoms with Gasteiger partial charge in [-0.1, -0.05) is 0 Å². The fourth-order valence-electron chi connectivity index (χ4n) is 1.54. The van der Waals surface area contributed by atoms with Crippen LogP contribution in [0.5, 0.6) is 5.88 Å². The molecule has 2 rings (SSSR count). The van der Waals surface area contributed by atoms with Crippen molar-refractivity contribution in [3.05, 3.63) is 12.0 Å². The molecule has 0 aliphatic heterocycles. The zero-order chi connectivity index (χ0) is 12.6. The quantitative estimate of drug-likeness (QED) is 0.329. The van der Waals surface area contributed by atoms with Crippen LogP contribution in [0.15, 0.2) is 6.33 Å². The van der Waals surface area contributed by atoms with Crippen molar-refractivity contribution in [3.63, 3.8) is 0 Å². The molecule has 1 aromatic rings. The van der Waals surface area contributed by atoms with Crippen LogP contribution in [0.1, 0.15) is 24.5 Å². The van der Waals surface area contributed by atoms with Crippen LogP contribution in [0.4, 0.5) is 0 Å². The van der Waals surface area contributed by atoms with Gasteiger partial charge in [-0.3, -0.25) is 0 Å². The molecule has 17 heavy (non-hydrogen) atoms. The van der Waals surface area contributed by atoms with E-state index in [-0.39, 0.29) is 17.3 Å². The third-order valence-electron chi connectivity index (χ3n) is 2.35. The molecule has 0 bridgehead atoms. The van der Waals surface area contributed by atoms with Gasteiger partial charge in [0.15, 0.2) is 0 Å². The summed E-state index contributed by atoms with van der Waals surface area (Å²) in [4.78, 5) is 7.54. The zero-order valence-corrected chi connectivity index (χ0v) is 8.82. The second-order valence-electron chi connectivity index (χ2n) is 3.89. The Morgan fingerprint density at radius 3 is 2.47 bits per heavy atom. The Morgan fingerprint density at radius 2 is 2.00 bits per heavy atom. The van der Waals surface area contributed by atoms with Crippen molar-refractivity contribution < 1.29 is 25.0 Å². The summed E-state index contributed by atoms with van der Waals surface area (Å²) in [6.45, 7) is 0. The van der Waals surface area contributed by atoms with Gasteiger partial charge in [0.25, 0.3) is 5.87 Å². The highest BCUT2D eigenvalue weighted by Crippen LogP contribution is 2.38. The van der Waals surface area contributed by atoms with Gasteiger partial charge < -0.3 is 25.0 Å². The summed E-state index contributed by atoms with van der Waals surface area (Å²) in [5.41, 5.74) is 0.335. The largest absolute Gasteiger partial charge is 0.495 e. The number of ether oxygens (including phenoxy) is 1. The molecule has 0 saturated heterocycles. The van der Waals surface area contributed by atoms with Gasteiger partial charge in [-0.15, -0.1) is 0 Å². The summed E-state index contributed by atoms with van der Waals surface area (Å²) < 4.78 is 4.53. The van der Waals surface area contributed by atoms with Crippen LogP contribution in [0.3, 0.4) is 0 Å². The number of hydrogen-bond donors (Lipinski definition) is 4. The molecule has 0 amide bonds. The molecule has 1 saturated carbocycles. The van der Waals surface area contributed by atoms with Crippen molar-refractivity contribution in [2.24, 2.45) is 0 Å². The maximum atomic E-state index is 9.25. The van der Waals surface area contributed by atoms with Gasteiger partial charge in [-0.2, -0.15) is 0 Å². The van der Waals surface area contributed by atoms with E-state index < -0.39 is 13.0 Å². The second-order valence-corrected chi connectivity index (χ2v) is 3.89. The number of hydrogen-bond acceptors (Lipinski definition) is 7. The molecule has 0 spiro atoms. The first-order valence-corrected chi connectivity index (χ1v) is 5.02. The summed E-state index contributed by atoms with van der Waals surface area (Å²) in [5.74, 6) is -3.18. The Balaban J connectivity index is 2.40. The smallest absolute Gasteiger partial charge is 0.432 e. The summed E-state index contributed by atoms with van der Waals surface area (Å²) in [7, 11) is 2.97. The third kappa shape index (κ3) is 2.95. The highest BCUT2D eigenvalue weighted by atomic mass is 16.8. The molecule has 1 fully saturated rings. The van der Waals surface area contributed by atoms with Gasteiger partial charge in [0, 0.05) is 5.92 Å². The second kappa shape index (κ2) is 4.26. The van der Waals surface area contributed by atoms with E-state index in [1.54, 1.807) is 0 Å². The van der Waals surface area contributed by atoms with E-state index in [0.717, 1.165) is 19.2 Å². The Hall–Kier alpha value is -1.15. The van der Waals surface area contributed by atoms with Crippen molar-refractivity contribution in [2.45, 2.75) is 24.6 Å². The van der Waals surface area contributed by atoms with E-state index in [9.17, 15) is 10.0 Å². The average molecular weight is 236 g/mol. The fraction of sp³-hybridized carbons (Fsp3) is 0.500. The van der Waals surface area contributed by atoms with Crippen LogP contribution in [-0.4, -0.2) is 51.1 Å². The van der Waals surface area contributed by atoms with Crippen LogP contribution >= 0.6 is 0 Å². The first kappa shape index (κ1) is 12.3. The maximum absolute atomic E-state index is 9.25. The number of nitrogens with zero attached hydrogens (tertiary/aromatic N) is 2. The molecule has 0 unspecified atom stereocenters. The summed E-state index contributed by atoms with van der Waals surface area (Å²) in [6, 6.07) is 0. The van der Waals surface area contributed by atoms with Crippen LogP contribution in [0.2, 0.25) is 0 Å². The summed E-state index contributed by atoms with van der Waals surface area (Å²) >= 11 is 0. The summed E-state index contributed by atoms with van der Waals surface area (Å²) in [6.07, 6.45) is 2.89. The average Bonchev–Trinajstić information content (AvgIpc) is 2.96. The van der Waals surface area contributed by atoms with Gasteiger partial charge in [-0.25, -0.2) is 9.97 Å². The molecule has 1 aliphatic carbocycles. The topological polar surface area (TPSA) is 116 Å². The molecule has 2 radical (unpaired) electrons. The van der Waals surface area contributed by atoms with Gasteiger partial charge in [-0.05, 0) is 12.8 Å². The van der Waals surface area contributed by atoms with Crippen LogP contribution in [-0.2, 0) is 0 Å². The van der Waals surface area contributed by atoms with E-state index in [1.165, 1.54) is 0 Å². The minimum atomic E-state index is -2.93. The lowest BCUT2D eigenvalue weighted by Crippen LogP contribution is -2.42. The predicted molar refractivity (Wildman–Crippen MR) is 57.4 cm³/mol. The molecule has 0 atom stereocenters. The van der Waals surface area contributed by atoms with Crippen molar-refractivity contribution in [1.29, 1.82) is 0 Å². The minimum absolute atomic E-state index is 0.0899. The van der Waals surface area contributed by atoms with Crippen LogP contribution < -0.4 is 10.2 Å². The van der Waals surface area contributed by atoms with E-state index in [4.69, 9.17) is 18.1 Å². The highest BCUT2D eigenvalue weighted by molar-refractivity contribution is 6.60. The standard InChI is InChI=1S/C8H10B2N2O5/c9-8(13,14)17-7-5(10(15)16)6(4-1-2-4)11-3-12-7/h3-4,13-16H,1-2H2. The molecule has 9 heteroatoms. The maximum Gasteiger partial charge on any atom is 0.495 e. The van der Waals surface area contributed by atoms with Crippen LogP contribution in [0, 0.1) is 0 Å². The lowest BCUT2D eigenvalue weighted by Gasteiger charge is -2.20. The molecule has 7 nitrogen and oxygen atoms in total. The molecule has 0 aromatic carbocycles. The number of rotatable bonds is 4. The lowest BCUT2D eigenvalue weighted by molar-refractivity contribution is -0.224. The monoisotopic (exact) mass is 236 g/mol. The third-order valence-corrected chi connectivity index (χ3v) is 2.35. The van der Waals surface area contributed by atoms with Gasteiger partial charge >= 0.3 is 7.12 Å². The molecular weight excluding hydrogens is 226 g/mol. The van der Waals surface area contributed by atoms with Crippen molar-refractivity contribution in [1.82, 2.24) is 9.97 Å². The van der Waals surface area contributed by atoms with Gasteiger partial charge in [0.1, 0.15) is 6.33 Å². The van der Waals surface area contributed by atoms with E-state index in [2.05, 4.69) is 14.7 Å². The minimum Gasteiger partial charge on any atom is -0.432 e. The fourth-order valence-corrected chi connectivity index (χ4v) is 1.54. The zero-order valence-electron chi connectivity index (χ0n) is 8.82. The first-order chi connectivity index (χ1) is 7.88.